The molecule has 0 fully saturated rings. The zero-order chi connectivity index (χ0) is 23.9. The van der Waals surface area contributed by atoms with Gasteiger partial charge in [-0.15, -0.1) is 0 Å². The van der Waals surface area contributed by atoms with Crippen molar-refractivity contribution in [2.45, 2.75) is 168 Å². The maximum Gasteiger partial charge on any atom is 0.0210 e. The van der Waals surface area contributed by atoms with Gasteiger partial charge in [-0.25, -0.2) is 0 Å². The second-order valence-corrected chi connectivity index (χ2v) is 10.7. The summed E-state index contributed by atoms with van der Waals surface area (Å²) >= 11 is 0. The lowest BCUT2D eigenvalue weighted by Crippen LogP contribution is -2.45. The molecule has 0 atom stereocenters. The lowest BCUT2D eigenvalue weighted by Gasteiger charge is -2.36. The molecule has 0 aliphatic carbocycles. The van der Waals surface area contributed by atoms with Crippen LogP contribution in [0.1, 0.15) is 161 Å². The molecule has 192 valence electrons. The highest BCUT2D eigenvalue weighted by Gasteiger charge is 2.28. The summed E-state index contributed by atoms with van der Waals surface area (Å²) in [7, 11) is 0. The quantitative estimate of drug-likeness (QED) is 0.152. The molecule has 0 bridgehead atoms. The summed E-state index contributed by atoms with van der Waals surface area (Å²) < 4.78 is 0. The standard InChI is InChI=1S/C32H59N/c1-4-7-10-13-16-22-27-32(28-23-17-14-11-8-5-2,29-24-18-15-12-9-6-3)33-30-31-25-20-19-21-26-31/h19-21,25-26,33H,4-18,22-24,27-30H2,1-3H3. The highest BCUT2D eigenvalue weighted by Crippen LogP contribution is 2.30. The van der Waals surface area contributed by atoms with E-state index < -0.39 is 0 Å². The topological polar surface area (TPSA) is 12.0 Å². The highest BCUT2D eigenvalue weighted by molar-refractivity contribution is 5.14. The van der Waals surface area contributed by atoms with Crippen LogP contribution in [0, 0.1) is 0 Å². The van der Waals surface area contributed by atoms with Crippen LogP contribution in [0.5, 0.6) is 0 Å². The summed E-state index contributed by atoms with van der Waals surface area (Å²) in [5.74, 6) is 0. The molecular weight excluding hydrogens is 398 g/mol. The predicted molar refractivity (Wildman–Crippen MR) is 150 cm³/mol. The molecule has 0 aromatic heterocycles. The van der Waals surface area contributed by atoms with Gasteiger partial charge in [-0.2, -0.15) is 0 Å². The fourth-order valence-electron chi connectivity index (χ4n) is 5.26. The van der Waals surface area contributed by atoms with Gasteiger partial charge >= 0.3 is 0 Å². The number of hydrogen-bond acceptors (Lipinski definition) is 1. The average Bonchev–Trinajstić information content (AvgIpc) is 2.85. The molecule has 1 aromatic carbocycles. The predicted octanol–water partition coefficient (Wildman–Crippen LogP) is 10.8. The maximum absolute atomic E-state index is 4.16. The zero-order valence-corrected chi connectivity index (χ0v) is 22.9. The van der Waals surface area contributed by atoms with E-state index in [1.54, 1.807) is 0 Å². The van der Waals surface area contributed by atoms with E-state index in [1.807, 2.05) is 0 Å². The Morgan fingerprint density at radius 3 is 1.24 bits per heavy atom. The molecule has 1 nitrogen and oxygen atoms in total. The van der Waals surface area contributed by atoms with Crippen LogP contribution in [0.15, 0.2) is 30.3 Å². The number of rotatable bonds is 24. The van der Waals surface area contributed by atoms with Crippen LogP contribution in [0.4, 0.5) is 0 Å². The maximum atomic E-state index is 4.16. The second-order valence-electron chi connectivity index (χ2n) is 10.7. The van der Waals surface area contributed by atoms with Crippen molar-refractivity contribution < 1.29 is 0 Å². The summed E-state index contributed by atoms with van der Waals surface area (Å²) in [6.07, 6.45) is 29.4. The SMILES string of the molecule is CCCCCCCCC(CCCCCCCC)(CCCCCCCC)NCc1ccccc1. The third kappa shape index (κ3) is 16.4. The summed E-state index contributed by atoms with van der Waals surface area (Å²) in [5, 5.41) is 4.16. The molecule has 0 saturated carbocycles. The minimum absolute atomic E-state index is 0.343. The lowest BCUT2D eigenvalue weighted by molar-refractivity contribution is 0.233. The van der Waals surface area contributed by atoms with Crippen LogP contribution in [0.2, 0.25) is 0 Å². The fraction of sp³-hybridized carbons (Fsp3) is 0.812. The third-order valence-corrected chi connectivity index (χ3v) is 7.54. The second kappa shape index (κ2) is 21.7. The normalized spacial score (nSPS) is 11.8. The van der Waals surface area contributed by atoms with Gasteiger partial charge in [-0.3, -0.25) is 0 Å². The van der Waals surface area contributed by atoms with Crippen LogP contribution in [0.3, 0.4) is 0 Å². The molecule has 1 N–H and O–H groups in total. The molecular formula is C32H59N. The first-order valence-electron chi connectivity index (χ1n) is 15.0. The Morgan fingerprint density at radius 2 is 0.848 bits per heavy atom. The van der Waals surface area contributed by atoms with Gasteiger partial charge in [-0.1, -0.05) is 167 Å². The van der Waals surface area contributed by atoms with E-state index in [1.165, 1.54) is 140 Å². The molecule has 0 unspecified atom stereocenters. The summed E-state index contributed by atoms with van der Waals surface area (Å²) in [6, 6.07) is 11.1. The Morgan fingerprint density at radius 1 is 0.485 bits per heavy atom. The molecule has 1 heteroatoms. The van der Waals surface area contributed by atoms with Crippen LogP contribution in [-0.2, 0) is 6.54 Å². The van der Waals surface area contributed by atoms with Crippen molar-refractivity contribution >= 4 is 0 Å². The van der Waals surface area contributed by atoms with E-state index in [2.05, 4.69) is 56.4 Å². The Labute approximate surface area is 208 Å². The summed E-state index contributed by atoms with van der Waals surface area (Å²) in [6.45, 7) is 7.99. The van der Waals surface area contributed by atoms with Gasteiger partial charge in [0.05, 0.1) is 0 Å². The molecule has 0 aliphatic rings. The lowest BCUT2D eigenvalue weighted by atomic mass is 9.81. The monoisotopic (exact) mass is 457 g/mol. The molecule has 0 heterocycles. The van der Waals surface area contributed by atoms with Gasteiger partial charge in [0.25, 0.3) is 0 Å². The minimum atomic E-state index is 0.343. The largest absolute Gasteiger partial charge is 0.307 e. The molecule has 0 amide bonds. The average molecular weight is 458 g/mol. The molecule has 1 rings (SSSR count). The number of benzene rings is 1. The fourth-order valence-corrected chi connectivity index (χ4v) is 5.26. The van der Waals surface area contributed by atoms with Gasteiger partial charge in [0.15, 0.2) is 0 Å². The van der Waals surface area contributed by atoms with Crippen molar-refractivity contribution in [1.29, 1.82) is 0 Å². The van der Waals surface area contributed by atoms with Crippen molar-refractivity contribution in [3.8, 4) is 0 Å². The van der Waals surface area contributed by atoms with Crippen LogP contribution in [-0.4, -0.2) is 5.54 Å². The van der Waals surface area contributed by atoms with Crippen LogP contribution in [0.25, 0.3) is 0 Å². The first-order valence-corrected chi connectivity index (χ1v) is 15.0. The number of unbranched alkanes of at least 4 members (excludes halogenated alkanes) is 15. The molecule has 0 spiro atoms. The zero-order valence-electron chi connectivity index (χ0n) is 22.9. The first-order chi connectivity index (χ1) is 16.3. The molecule has 0 radical (unpaired) electrons. The van der Waals surface area contributed by atoms with Gasteiger partial charge in [0, 0.05) is 12.1 Å². The van der Waals surface area contributed by atoms with Crippen molar-refractivity contribution in [2.75, 3.05) is 0 Å². The number of hydrogen-bond donors (Lipinski definition) is 1. The Hall–Kier alpha value is -0.820. The minimum Gasteiger partial charge on any atom is -0.307 e. The van der Waals surface area contributed by atoms with Gasteiger partial charge in [0.1, 0.15) is 0 Å². The van der Waals surface area contributed by atoms with Gasteiger partial charge in [0.2, 0.25) is 0 Å². The first kappa shape index (κ1) is 30.2. The molecule has 1 aromatic rings. The van der Waals surface area contributed by atoms with Crippen molar-refractivity contribution in [3.63, 3.8) is 0 Å². The van der Waals surface area contributed by atoms with E-state index >= 15 is 0 Å². The molecule has 0 aliphatic heterocycles. The molecule has 33 heavy (non-hydrogen) atoms. The Kier molecular flexibility index (Phi) is 19.9. The van der Waals surface area contributed by atoms with Crippen LogP contribution < -0.4 is 5.32 Å². The number of nitrogens with one attached hydrogen (secondary N) is 1. The van der Waals surface area contributed by atoms with Gasteiger partial charge in [-0.05, 0) is 24.8 Å². The van der Waals surface area contributed by atoms with E-state index in [-0.39, 0.29) is 0 Å². The van der Waals surface area contributed by atoms with E-state index in [4.69, 9.17) is 0 Å². The van der Waals surface area contributed by atoms with Crippen molar-refractivity contribution in [3.05, 3.63) is 35.9 Å². The van der Waals surface area contributed by atoms with E-state index in [9.17, 15) is 0 Å². The third-order valence-electron chi connectivity index (χ3n) is 7.54. The summed E-state index contributed by atoms with van der Waals surface area (Å²) in [4.78, 5) is 0. The van der Waals surface area contributed by atoms with E-state index in [0.29, 0.717) is 5.54 Å². The summed E-state index contributed by atoms with van der Waals surface area (Å²) in [5.41, 5.74) is 1.78. The van der Waals surface area contributed by atoms with E-state index in [0.717, 1.165) is 6.54 Å². The van der Waals surface area contributed by atoms with Crippen molar-refractivity contribution in [1.82, 2.24) is 5.32 Å². The highest BCUT2D eigenvalue weighted by atomic mass is 15.0. The smallest absolute Gasteiger partial charge is 0.0210 e. The molecule has 0 saturated heterocycles. The van der Waals surface area contributed by atoms with Crippen LogP contribution >= 0.6 is 0 Å². The van der Waals surface area contributed by atoms with Gasteiger partial charge < -0.3 is 5.32 Å². The van der Waals surface area contributed by atoms with Crippen molar-refractivity contribution in [2.24, 2.45) is 0 Å². The Balaban J connectivity index is 2.68. The Bertz CT molecular complexity index is 468.